The molecule has 1 aromatic heterocycles. The van der Waals surface area contributed by atoms with E-state index in [1.54, 1.807) is 77.1 Å². The first-order chi connectivity index (χ1) is 36.6. The molecule has 2 amide bonds. The van der Waals surface area contributed by atoms with Gasteiger partial charge in [0.05, 0.1) is 41.2 Å². The van der Waals surface area contributed by atoms with E-state index in [1.807, 2.05) is 0 Å². The number of piperazine rings is 1. The minimum Gasteiger partial charge on any atom is -0.507 e. The van der Waals surface area contributed by atoms with Crippen molar-refractivity contribution in [3.8, 4) is 17.2 Å². The molecule has 20 heteroatoms. The van der Waals surface area contributed by atoms with Crippen molar-refractivity contribution < 1.29 is 58.6 Å². The number of aromatic nitrogens is 2. The van der Waals surface area contributed by atoms with Gasteiger partial charge in [-0.1, -0.05) is 59.8 Å². The number of ketones is 1. The molecule has 20 nitrogen and oxygen atoms in total. The smallest absolute Gasteiger partial charge is 0.315 e. The molecule has 0 aliphatic carbocycles. The van der Waals surface area contributed by atoms with Crippen LogP contribution in [0.15, 0.2) is 64.6 Å². The van der Waals surface area contributed by atoms with Gasteiger partial charge < -0.3 is 54.5 Å². The second-order valence-corrected chi connectivity index (χ2v) is 22.2. The number of rotatable bonds is 9. The molecule has 6 aliphatic rings. The lowest BCUT2D eigenvalue weighted by Gasteiger charge is -2.38. The molecule has 3 aromatic rings. The number of anilines is 1. The molecular weight excluding hydrogens is 989 g/mol. The van der Waals surface area contributed by atoms with Gasteiger partial charge in [-0.05, 0) is 31.9 Å². The summed E-state index contributed by atoms with van der Waals surface area (Å²) < 4.78 is 24.7. The fourth-order valence-electron chi connectivity index (χ4n) is 11.4. The van der Waals surface area contributed by atoms with E-state index in [0.717, 1.165) is 18.9 Å². The minimum absolute atomic E-state index is 0.0229. The summed E-state index contributed by atoms with van der Waals surface area (Å²) in [4.78, 5) is 81.0. The molecule has 6 aliphatic heterocycles. The van der Waals surface area contributed by atoms with Crippen LogP contribution in [0, 0.1) is 36.5 Å². The van der Waals surface area contributed by atoms with E-state index in [1.165, 1.54) is 32.4 Å². The van der Waals surface area contributed by atoms with Crippen LogP contribution < -0.4 is 20.8 Å². The van der Waals surface area contributed by atoms with E-state index in [4.69, 9.17) is 23.9 Å². The number of phenolic OH excluding ortho intramolecular Hbond substituents is 2. The molecule has 5 N–H and O–H groups in total. The van der Waals surface area contributed by atoms with Gasteiger partial charge in [0, 0.05) is 138 Å². The first-order valence-corrected chi connectivity index (χ1v) is 26.9. The second kappa shape index (κ2) is 23.3. The highest BCUT2D eigenvalue weighted by Gasteiger charge is 2.51. The van der Waals surface area contributed by atoms with E-state index in [2.05, 4.69) is 43.9 Å². The van der Waals surface area contributed by atoms with Crippen LogP contribution in [0.1, 0.15) is 96.4 Å². The third kappa shape index (κ3) is 11.8. The Hall–Kier alpha value is -6.32. The molecule has 2 fully saturated rings. The first-order valence-electron chi connectivity index (χ1n) is 26.9. The van der Waals surface area contributed by atoms with Gasteiger partial charge in [0.25, 0.3) is 11.7 Å². The van der Waals surface area contributed by atoms with Crippen molar-refractivity contribution >= 4 is 40.0 Å². The Morgan fingerprint density at radius 2 is 1.57 bits per heavy atom. The topological polar surface area (TPSA) is 258 Å². The summed E-state index contributed by atoms with van der Waals surface area (Å²) in [7, 11) is 1.44. The maximum atomic E-state index is 15.0. The van der Waals surface area contributed by atoms with Crippen LogP contribution in [-0.4, -0.2) is 164 Å². The summed E-state index contributed by atoms with van der Waals surface area (Å²) in [5, 5.41) is 51.5. The number of methoxy groups -OCH3 is 1. The maximum Gasteiger partial charge on any atom is 0.315 e. The van der Waals surface area contributed by atoms with E-state index in [9.17, 15) is 39.6 Å². The average molecular weight is 1070 g/mol. The number of nitrogens with zero attached hydrogens (tertiary/aromatic N) is 7. The number of carbonyl (C=O) groups excluding carboxylic acids is 4. The highest BCUT2D eigenvalue weighted by atomic mass is 16.7. The number of aromatic hydroxyl groups is 2. The molecule has 9 atom stereocenters. The zero-order chi connectivity index (χ0) is 55.7. The van der Waals surface area contributed by atoms with Gasteiger partial charge in [-0.25, -0.2) is 15.0 Å². The summed E-state index contributed by atoms with van der Waals surface area (Å²) in [5.74, 6) is -7.20. The molecule has 2 saturated heterocycles. The van der Waals surface area contributed by atoms with Crippen molar-refractivity contribution in [1.29, 1.82) is 0 Å². The van der Waals surface area contributed by atoms with E-state index in [0.29, 0.717) is 70.1 Å². The average Bonchev–Trinajstić information content (AvgIpc) is 4.09. The van der Waals surface area contributed by atoms with Crippen molar-refractivity contribution in [2.75, 3.05) is 64.8 Å². The van der Waals surface area contributed by atoms with E-state index < -0.39 is 101 Å². The Morgan fingerprint density at radius 1 is 0.883 bits per heavy atom. The van der Waals surface area contributed by atoms with Crippen LogP contribution in [0.4, 0.5) is 5.69 Å². The summed E-state index contributed by atoms with van der Waals surface area (Å²) in [6.45, 7) is 20.8. The maximum absolute atomic E-state index is 15.0. The van der Waals surface area contributed by atoms with Crippen molar-refractivity contribution in [2.45, 2.75) is 124 Å². The highest BCUT2D eigenvalue weighted by molar-refractivity contribution is 6.21. The number of phenols is 2. The number of piperidine rings is 1. The van der Waals surface area contributed by atoms with Gasteiger partial charge in [-0.2, -0.15) is 0 Å². The van der Waals surface area contributed by atoms with Gasteiger partial charge in [-0.3, -0.25) is 29.1 Å². The van der Waals surface area contributed by atoms with Crippen LogP contribution in [0.2, 0.25) is 0 Å². The summed E-state index contributed by atoms with van der Waals surface area (Å²) in [6, 6.07) is 1.77. The molecule has 0 radical (unpaired) electrons. The fourth-order valence-corrected chi connectivity index (χ4v) is 11.4. The number of esters is 1. The Bertz CT molecular complexity index is 2950. The number of likely N-dealkylation sites (tertiary alicyclic amines) is 1. The number of fused-ring (bicyclic) bond motifs is 13. The van der Waals surface area contributed by atoms with Crippen molar-refractivity contribution in [3.05, 3.63) is 82.3 Å². The van der Waals surface area contributed by atoms with Crippen LogP contribution in [0.25, 0.3) is 10.8 Å². The predicted molar refractivity (Wildman–Crippen MR) is 285 cm³/mol. The van der Waals surface area contributed by atoms with Crippen LogP contribution in [-0.2, 0) is 35.0 Å². The number of nitrogens with one attached hydrogen (secondary N) is 1. The summed E-state index contributed by atoms with van der Waals surface area (Å²) >= 11 is 0. The number of aliphatic hydroxyl groups is 2. The lowest BCUT2D eigenvalue weighted by molar-refractivity contribution is -0.165. The molecule has 77 heavy (non-hydrogen) atoms. The summed E-state index contributed by atoms with van der Waals surface area (Å²) in [5.41, 5.74) is -0.255. The molecule has 1 spiro atoms. The minimum atomic E-state index is -2.02. The fraction of sp³-hybridized carbons (Fsp3) is 0.579. The Morgan fingerprint density at radius 3 is 2.23 bits per heavy atom. The number of hydrogen-bond acceptors (Lipinski definition) is 18. The van der Waals surface area contributed by atoms with Gasteiger partial charge >= 0.3 is 11.8 Å². The number of Topliss-reactive ketones (excluding diaryl/α,β-unsaturated/α-hetero) is 1. The van der Waals surface area contributed by atoms with Gasteiger partial charge in [0.1, 0.15) is 46.2 Å². The van der Waals surface area contributed by atoms with E-state index in [-0.39, 0.29) is 43.9 Å². The zero-order valence-corrected chi connectivity index (χ0v) is 46.0. The molecule has 9 rings (SSSR count). The standard InChI is InChI=1S/C57H76N8O12/c1-31(2)30-64-22-17-57(18-23-64)61-45-42-43-50(70)37(8)53-44(42)54(72)56(9,77-53)75-28-16-38(74-10)34(5)52(76-41(67)29-40(66)65-26-24-63(25-27-65)21-15-39-58-19-12-20-59-39)36(7)49(69)35(6)48(68)32(3)13-11-14-33(4)55(73)60-47(51(43)71)46(45)62-57/h11-14,16,19-20,28,31-32,34-36,38,48-49,52,61,68-71H,15,17-18,21-27,29-30H2,1-10H3/b13-11+,28-16+,33-14-,60-47?/t32-,34+,35+,36+,38-,48?,49+,52+,56-/m0/s1. The Kier molecular flexibility index (Phi) is 17.2. The summed E-state index contributed by atoms with van der Waals surface area (Å²) in [6.07, 6.45) is 7.90. The van der Waals surface area contributed by atoms with Crippen LogP contribution in [0.3, 0.4) is 0 Å². The predicted octanol–water partition coefficient (Wildman–Crippen LogP) is 4.30. The molecule has 2 aromatic carbocycles. The molecule has 7 heterocycles. The lowest BCUT2D eigenvalue weighted by Crippen LogP contribution is -2.50. The number of carbonyl (C=O) groups is 4. The zero-order valence-electron chi connectivity index (χ0n) is 46.0. The third-order valence-electron chi connectivity index (χ3n) is 16.2. The first kappa shape index (κ1) is 56.9. The second-order valence-electron chi connectivity index (χ2n) is 22.2. The van der Waals surface area contributed by atoms with Gasteiger partial charge in [0.15, 0.2) is 5.75 Å². The molecule has 416 valence electrons. The number of benzene rings is 2. The van der Waals surface area contributed by atoms with Crippen LogP contribution >= 0.6 is 0 Å². The third-order valence-corrected chi connectivity index (χ3v) is 16.2. The number of amides is 2. The van der Waals surface area contributed by atoms with Crippen molar-refractivity contribution in [1.82, 2.24) is 24.7 Å². The number of aliphatic hydroxyl groups excluding tert-OH is 2. The molecule has 1 unspecified atom stereocenters. The Labute approximate surface area is 449 Å². The Balaban J connectivity index is 1.12. The molecule has 0 saturated carbocycles. The van der Waals surface area contributed by atoms with Crippen LogP contribution in [0.5, 0.6) is 17.2 Å². The number of hydrogen-bond donors (Lipinski definition) is 5. The monoisotopic (exact) mass is 1060 g/mol. The van der Waals surface area contributed by atoms with Gasteiger partial charge in [-0.15, -0.1) is 0 Å². The van der Waals surface area contributed by atoms with E-state index >= 15 is 0 Å². The lowest BCUT2D eigenvalue weighted by atomic mass is 9.78. The highest BCUT2D eigenvalue weighted by Crippen LogP contribution is 2.51. The van der Waals surface area contributed by atoms with Gasteiger partial charge in [0.2, 0.25) is 5.91 Å². The normalized spacial score (nSPS) is 29.7. The quantitative estimate of drug-likeness (QED) is 0.114. The number of allylic oxidation sites excluding steroid dienone is 2. The van der Waals surface area contributed by atoms with Crippen molar-refractivity contribution in [2.24, 2.45) is 39.6 Å². The number of ether oxygens (including phenoxy) is 4. The van der Waals surface area contributed by atoms with Crippen molar-refractivity contribution in [3.63, 3.8) is 0 Å². The molecular formula is C57H76N8O12. The largest absolute Gasteiger partial charge is 0.507 e. The molecule has 5 bridgehead atoms. The SMILES string of the molecule is CO[C@H]1/C=C/O[C@@]2(C)Oc3c(C)c(O)c4c(O)c(c5c(c4c3C2=O)NC2(CCN(CC(C)C)CC2)N=5)=NC(=O)/C(C)=C\C=C\[C@H](C)C(O)[C@@H](C)[C@@H](O)[C@@H](C)[C@H](OC(=O)CC(=O)N2CCN(CCc3ncccn3)CC2)[C@@H]1C.